The van der Waals surface area contributed by atoms with E-state index in [1.54, 1.807) is 0 Å². The summed E-state index contributed by atoms with van der Waals surface area (Å²) in [5.74, 6) is 0.908. The number of rotatable bonds is 4. The van der Waals surface area contributed by atoms with Crippen LogP contribution >= 0.6 is 0 Å². The minimum absolute atomic E-state index is 0.661. The SMILES string of the molecule is COC1(/C=C(\C)c2ccc(C3=CC4(Oc5cc6c(C)c(C)ccc6cc53)c3ccccc3-c3ccccc34)cc2)c2ccccc2-c2ccccc21. The number of hydrogen-bond acceptors (Lipinski definition) is 2. The van der Waals surface area contributed by atoms with Crippen molar-refractivity contribution in [3.05, 3.63) is 208 Å². The van der Waals surface area contributed by atoms with Crippen molar-refractivity contribution in [2.24, 2.45) is 0 Å². The molecular weight excluding hydrogens is 633 g/mol. The highest BCUT2D eigenvalue weighted by molar-refractivity contribution is 5.97. The molecule has 52 heavy (non-hydrogen) atoms. The van der Waals surface area contributed by atoms with Crippen LogP contribution in [0.15, 0.2) is 158 Å². The fraction of sp³-hybridized carbons (Fsp3) is 0.120. The lowest BCUT2D eigenvalue weighted by Crippen LogP contribution is -2.33. The van der Waals surface area contributed by atoms with Crippen molar-refractivity contribution >= 4 is 21.9 Å². The minimum atomic E-state index is -0.747. The van der Waals surface area contributed by atoms with Crippen LogP contribution in [0, 0.1) is 13.8 Å². The summed E-state index contributed by atoms with van der Waals surface area (Å²) in [6.45, 7) is 6.59. The fourth-order valence-electron chi connectivity index (χ4n) is 9.09. The molecule has 250 valence electrons. The van der Waals surface area contributed by atoms with Gasteiger partial charge in [-0.2, -0.15) is 0 Å². The van der Waals surface area contributed by atoms with Gasteiger partial charge in [0.25, 0.3) is 0 Å². The van der Waals surface area contributed by atoms with Crippen molar-refractivity contribution < 1.29 is 9.47 Å². The molecule has 2 aliphatic carbocycles. The second kappa shape index (κ2) is 11.3. The molecule has 0 N–H and O–H groups in total. The molecule has 0 aromatic heterocycles. The second-order valence-corrected chi connectivity index (χ2v) is 14.5. The summed E-state index contributed by atoms with van der Waals surface area (Å²) in [4.78, 5) is 0. The monoisotopic (exact) mass is 670 g/mol. The highest BCUT2D eigenvalue weighted by Crippen LogP contribution is 2.56. The zero-order valence-electron chi connectivity index (χ0n) is 29.8. The van der Waals surface area contributed by atoms with Crippen LogP contribution in [0.1, 0.15) is 57.0 Å². The lowest BCUT2D eigenvalue weighted by molar-refractivity contribution is 0.0698. The number of ether oxygens (including phenoxy) is 2. The number of hydrogen-bond donors (Lipinski definition) is 0. The Labute approximate surface area is 305 Å². The maximum atomic E-state index is 7.31. The van der Waals surface area contributed by atoms with Crippen molar-refractivity contribution in [1.29, 1.82) is 0 Å². The number of aryl methyl sites for hydroxylation is 2. The third-order valence-electron chi connectivity index (χ3n) is 11.9. The third kappa shape index (κ3) is 4.22. The minimum Gasteiger partial charge on any atom is -0.473 e. The zero-order valence-corrected chi connectivity index (χ0v) is 29.8. The van der Waals surface area contributed by atoms with Gasteiger partial charge in [-0.15, -0.1) is 0 Å². The molecule has 0 unspecified atom stereocenters. The molecule has 1 heterocycles. The van der Waals surface area contributed by atoms with Gasteiger partial charge in [0.2, 0.25) is 0 Å². The molecule has 1 aliphatic heterocycles. The Morgan fingerprint density at radius 2 is 1.13 bits per heavy atom. The van der Waals surface area contributed by atoms with E-state index in [1.807, 2.05) is 7.11 Å². The predicted molar refractivity (Wildman–Crippen MR) is 214 cm³/mol. The van der Waals surface area contributed by atoms with E-state index >= 15 is 0 Å². The Morgan fingerprint density at radius 1 is 0.596 bits per heavy atom. The van der Waals surface area contributed by atoms with Crippen molar-refractivity contribution in [2.45, 2.75) is 32.0 Å². The standard InChI is InChI=1S/C50H38O2/c1-31-21-22-36-27-42-43(30-50(52-48(42)28-41(36)33(31)3)46-19-11-7-15-39(46)40-16-8-12-20-47(40)50)35-25-23-34(24-26-35)32(2)29-49(51-4)44-17-9-5-13-37(44)38-14-6-10-18-45(38)49/h5-30H,1-4H3/b32-29+. The highest BCUT2D eigenvalue weighted by Gasteiger charge is 2.47. The maximum absolute atomic E-state index is 7.31. The van der Waals surface area contributed by atoms with Crippen molar-refractivity contribution in [2.75, 3.05) is 7.11 Å². The highest BCUT2D eigenvalue weighted by atomic mass is 16.5. The molecule has 2 nitrogen and oxygen atoms in total. The van der Waals surface area contributed by atoms with Gasteiger partial charge < -0.3 is 9.47 Å². The Bertz CT molecular complexity index is 2580. The van der Waals surface area contributed by atoms with Gasteiger partial charge in [0.15, 0.2) is 5.60 Å². The van der Waals surface area contributed by atoms with Gasteiger partial charge in [-0.05, 0) is 111 Å². The van der Waals surface area contributed by atoms with Crippen LogP contribution in [0.25, 0.3) is 44.2 Å². The summed E-state index contributed by atoms with van der Waals surface area (Å²) in [5, 5.41) is 2.45. The summed E-state index contributed by atoms with van der Waals surface area (Å²) < 4.78 is 13.8. The number of allylic oxidation sites excluding steroid dienone is 1. The van der Waals surface area contributed by atoms with Gasteiger partial charge in [-0.1, -0.05) is 133 Å². The molecule has 0 saturated carbocycles. The van der Waals surface area contributed by atoms with Crippen LogP contribution in [0.3, 0.4) is 0 Å². The quantitative estimate of drug-likeness (QED) is 0.186. The second-order valence-electron chi connectivity index (χ2n) is 14.5. The molecule has 10 rings (SSSR count). The van der Waals surface area contributed by atoms with E-state index in [-0.39, 0.29) is 0 Å². The van der Waals surface area contributed by atoms with Crippen molar-refractivity contribution in [3.63, 3.8) is 0 Å². The molecule has 0 saturated heterocycles. The lowest BCUT2D eigenvalue weighted by Gasteiger charge is -2.36. The Morgan fingerprint density at radius 3 is 1.71 bits per heavy atom. The van der Waals surface area contributed by atoms with Gasteiger partial charge >= 0.3 is 0 Å². The van der Waals surface area contributed by atoms with E-state index in [1.165, 1.54) is 72.0 Å². The van der Waals surface area contributed by atoms with E-state index < -0.39 is 11.2 Å². The van der Waals surface area contributed by atoms with Crippen LogP contribution in [0.5, 0.6) is 5.75 Å². The third-order valence-corrected chi connectivity index (χ3v) is 11.9. The van der Waals surface area contributed by atoms with E-state index in [9.17, 15) is 0 Å². The first-order valence-electron chi connectivity index (χ1n) is 18.1. The Hall–Kier alpha value is -5.96. The maximum Gasteiger partial charge on any atom is 0.179 e. The molecule has 7 aromatic rings. The molecule has 7 aromatic carbocycles. The van der Waals surface area contributed by atoms with Gasteiger partial charge in [0.05, 0.1) is 0 Å². The average Bonchev–Trinajstić information content (AvgIpc) is 3.62. The fourth-order valence-corrected chi connectivity index (χ4v) is 9.09. The van der Waals surface area contributed by atoms with Gasteiger partial charge in [0, 0.05) is 34.9 Å². The van der Waals surface area contributed by atoms with Crippen LogP contribution < -0.4 is 4.74 Å². The van der Waals surface area contributed by atoms with Gasteiger partial charge in [0.1, 0.15) is 11.4 Å². The summed E-state index contributed by atoms with van der Waals surface area (Å²) in [6, 6.07) is 52.7. The van der Waals surface area contributed by atoms with Crippen LogP contribution in [0.2, 0.25) is 0 Å². The van der Waals surface area contributed by atoms with E-state index in [4.69, 9.17) is 9.47 Å². The molecule has 0 amide bonds. The summed E-state index contributed by atoms with van der Waals surface area (Å²) in [5.41, 5.74) is 16.5. The molecule has 0 bridgehead atoms. The summed E-state index contributed by atoms with van der Waals surface area (Å²) in [6.07, 6.45) is 4.67. The normalized spacial score (nSPS) is 15.7. The Balaban J connectivity index is 1.14. The molecule has 0 fully saturated rings. The number of methoxy groups -OCH3 is 1. The van der Waals surface area contributed by atoms with E-state index in [0.717, 1.165) is 28.0 Å². The largest absolute Gasteiger partial charge is 0.473 e. The molecular formula is C50H38O2. The lowest BCUT2D eigenvalue weighted by atomic mass is 9.81. The first kappa shape index (κ1) is 30.8. The first-order valence-corrected chi connectivity index (χ1v) is 18.1. The molecule has 0 radical (unpaired) electrons. The van der Waals surface area contributed by atoms with Crippen LogP contribution in [-0.4, -0.2) is 7.11 Å². The number of benzene rings is 7. The van der Waals surface area contributed by atoms with E-state index in [2.05, 4.69) is 179 Å². The van der Waals surface area contributed by atoms with Crippen LogP contribution in [0.4, 0.5) is 0 Å². The van der Waals surface area contributed by atoms with Gasteiger partial charge in [-0.25, -0.2) is 0 Å². The molecule has 0 atom stereocenters. The average molecular weight is 671 g/mol. The smallest absolute Gasteiger partial charge is 0.179 e. The van der Waals surface area contributed by atoms with Crippen molar-refractivity contribution in [3.8, 4) is 28.0 Å². The van der Waals surface area contributed by atoms with Crippen LogP contribution in [-0.2, 0) is 15.9 Å². The topological polar surface area (TPSA) is 18.5 Å². The molecule has 3 aliphatic rings. The summed E-state index contributed by atoms with van der Waals surface area (Å²) >= 11 is 0. The Kier molecular flexibility index (Phi) is 6.68. The molecule has 2 heteroatoms. The zero-order chi connectivity index (χ0) is 35.2. The predicted octanol–water partition coefficient (Wildman–Crippen LogP) is 12.2. The first-order chi connectivity index (χ1) is 25.4. The van der Waals surface area contributed by atoms with E-state index in [0.29, 0.717) is 0 Å². The van der Waals surface area contributed by atoms with Crippen molar-refractivity contribution in [1.82, 2.24) is 0 Å². The molecule has 1 spiro atoms. The summed E-state index contributed by atoms with van der Waals surface area (Å²) in [7, 11) is 1.82. The number of fused-ring (bicyclic) bond motifs is 10. The van der Waals surface area contributed by atoms with Gasteiger partial charge in [-0.3, -0.25) is 0 Å².